The molecule has 2 aromatic rings. The Bertz CT molecular complexity index is 1170. The molecule has 9 nitrogen and oxygen atoms in total. The van der Waals surface area contributed by atoms with Crippen LogP contribution in [0.4, 0.5) is 11.5 Å². The maximum atomic E-state index is 13.2. The molecule has 2 fully saturated rings. The van der Waals surface area contributed by atoms with Gasteiger partial charge >= 0.3 is 0 Å². The first-order valence-corrected chi connectivity index (χ1v) is 12.2. The minimum absolute atomic E-state index is 0.0353. The average Bonchev–Trinajstić information content (AvgIpc) is 3.12. The maximum Gasteiger partial charge on any atom is 0.254 e. The Labute approximate surface area is 187 Å². The zero-order valence-corrected chi connectivity index (χ0v) is 19.1. The Morgan fingerprint density at radius 3 is 2.31 bits per heavy atom. The Balaban J connectivity index is 1.53. The molecule has 0 unspecified atom stereocenters. The number of carbonyl (C=O) groups is 2. The average molecular weight is 458 g/mol. The minimum Gasteiger partial charge on any atom is -0.366 e. The SMILES string of the molecule is Cc1cnc(N2CCN(C(=O)c3ccc(N4CCCS4(=O)=O)cc3C(N)=O)CC2)c(C)c1. The molecule has 4 rings (SSSR count). The van der Waals surface area contributed by atoms with Gasteiger partial charge in [0.2, 0.25) is 15.9 Å². The van der Waals surface area contributed by atoms with Crippen molar-refractivity contribution in [3.8, 4) is 0 Å². The molecule has 1 aromatic heterocycles. The molecule has 10 heteroatoms. The van der Waals surface area contributed by atoms with E-state index in [0.717, 1.165) is 16.9 Å². The summed E-state index contributed by atoms with van der Waals surface area (Å²) in [6, 6.07) is 6.57. The van der Waals surface area contributed by atoms with Crippen molar-refractivity contribution < 1.29 is 18.0 Å². The molecule has 0 bridgehead atoms. The standard InChI is InChI=1S/C22H27N5O4S/c1-15-12-16(2)21(24-14-15)25-7-9-26(10-8-25)22(29)18-5-4-17(13-19(18)20(23)28)27-6-3-11-32(27,30)31/h4-5,12-14H,3,6-11H2,1-2H3,(H2,23,28). The second-order valence-corrected chi connectivity index (χ2v) is 10.3. The van der Waals surface area contributed by atoms with Crippen molar-refractivity contribution in [2.75, 3.05) is 47.7 Å². The van der Waals surface area contributed by atoms with Crippen molar-refractivity contribution in [1.82, 2.24) is 9.88 Å². The summed E-state index contributed by atoms with van der Waals surface area (Å²) in [5, 5.41) is 0. The lowest BCUT2D eigenvalue weighted by Crippen LogP contribution is -2.49. The lowest BCUT2D eigenvalue weighted by molar-refractivity contribution is 0.0741. The highest BCUT2D eigenvalue weighted by atomic mass is 32.2. The van der Waals surface area contributed by atoms with Gasteiger partial charge in [-0.2, -0.15) is 0 Å². The van der Waals surface area contributed by atoms with E-state index in [-0.39, 0.29) is 22.8 Å². The van der Waals surface area contributed by atoms with E-state index in [0.29, 0.717) is 44.8 Å². The molecule has 3 heterocycles. The van der Waals surface area contributed by atoms with Crippen molar-refractivity contribution in [2.45, 2.75) is 20.3 Å². The number of carbonyl (C=O) groups excluding carboxylic acids is 2. The number of aromatic nitrogens is 1. The molecule has 2 aliphatic rings. The molecule has 2 N–H and O–H groups in total. The second kappa shape index (κ2) is 8.42. The van der Waals surface area contributed by atoms with Crippen molar-refractivity contribution in [2.24, 2.45) is 5.73 Å². The van der Waals surface area contributed by atoms with Crippen molar-refractivity contribution in [1.29, 1.82) is 0 Å². The molecular weight excluding hydrogens is 430 g/mol. The number of piperazine rings is 1. The molecule has 170 valence electrons. The number of pyridine rings is 1. The third-order valence-electron chi connectivity index (χ3n) is 5.94. The van der Waals surface area contributed by atoms with Crippen molar-refractivity contribution in [3.63, 3.8) is 0 Å². The number of primary amides is 1. The quantitative estimate of drug-likeness (QED) is 0.740. The summed E-state index contributed by atoms with van der Waals surface area (Å²) in [6.45, 7) is 6.58. The van der Waals surface area contributed by atoms with E-state index in [9.17, 15) is 18.0 Å². The number of nitrogens with two attached hydrogens (primary N) is 1. The van der Waals surface area contributed by atoms with Crippen molar-refractivity contribution in [3.05, 3.63) is 52.7 Å². The Hall–Kier alpha value is -3.14. The molecule has 0 radical (unpaired) electrons. The van der Waals surface area contributed by atoms with Crippen LogP contribution in [0.5, 0.6) is 0 Å². The topological polar surface area (TPSA) is 117 Å². The molecule has 1 aromatic carbocycles. The predicted octanol–water partition coefficient (Wildman–Crippen LogP) is 1.30. The van der Waals surface area contributed by atoms with Crippen LogP contribution in [0.3, 0.4) is 0 Å². The first-order valence-electron chi connectivity index (χ1n) is 10.6. The summed E-state index contributed by atoms with van der Waals surface area (Å²) in [5.74, 6) is -0.0661. The molecule has 2 saturated heterocycles. The number of aryl methyl sites for hydroxylation is 2. The van der Waals surface area contributed by atoms with E-state index in [4.69, 9.17) is 5.73 Å². The number of rotatable bonds is 4. The van der Waals surface area contributed by atoms with Crippen LogP contribution < -0.4 is 14.9 Å². The third-order valence-corrected chi connectivity index (χ3v) is 7.81. The van der Waals surface area contributed by atoms with Gasteiger partial charge in [-0.05, 0) is 49.6 Å². The number of anilines is 2. The van der Waals surface area contributed by atoms with Gasteiger partial charge in [0.25, 0.3) is 5.91 Å². The van der Waals surface area contributed by atoms with Crippen LogP contribution in [-0.2, 0) is 10.0 Å². The fraction of sp³-hybridized carbons (Fsp3) is 0.409. The summed E-state index contributed by atoms with van der Waals surface area (Å²) < 4.78 is 25.7. The van der Waals surface area contributed by atoms with Crippen LogP contribution in [0.25, 0.3) is 0 Å². The van der Waals surface area contributed by atoms with Gasteiger partial charge < -0.3 is 15.5 Å². The summed E-state index contributed by atoms with van der Waals surface area (Å²) >= 11 is 0. The fourth-order valence-corrected chi connectivity index (χ4v) is 5.89. The summed E-state index contributed by atoms with van der Waals surface area (Å²) in [4.78, 5) is 33.7. The molecule has 0 spiro atoms. The smallest absolute Gasteiger partial charge is 0.254 e. The van der Waals surface area contributed by atoms with Crippen LogP contribution in [0.15, 0.2) is 30.5 Å². The van der Waals surface area contributed by atoms with Crippen LogP contribution >= 0.6 is 0 Å². The first kappa shape index (κ1) is 22.1. The fourth-order valence-electron chi connectivity index (χ4n) is 4.34. The number of hydrogen-bond acceptors (Lipinski definition) is 6. The summed E-state index contributed by atoms with van der Waals surface area (Å²) in [6.07, 6.45) is 2.36. The van der Waals surface area contributed by atoms with E-state index in [1.165, 1.54) is 16.4 Å². The van der Waals surface area contributed by atoms with Crippen LogP contribution in [-0.4, -0.2) is 68.6 Å². The van der Waals surface area contributed by atoms with Crippen molar-refractivity contribution >= 4 is 33.3 Å². The highest BCUT2D eigenvalue weighted by Gasteiger charge is 2.31. The number of sulfonamides is 1. The van der Waals surface area contributed by atoms with Gasteiger partial charge in [-0.25, -0.2) is 13.4 Å². The molecule has 0 aliphatic carbocycles. The Kier molecular flexibility index (Phi) is 5.81. The predicted molar refractivity (Wildman–Crippen MR) is 123 cm³/mol. The normalized spacial score (nSPS) is 18.1. The lowest BCUT2D eigenvalue weighted by Gasteiger charge is -2.36. The number of benzene rings is 1. The van der Waals surface area contributed by atoms with E-state index in [1.807, 2.05) is 20.0 Å². The number of nitrogens with zero attached hydrogens (tertiary/aromatic N) is 4. The van der Waals surface area contributed by atoms with E-state index in [1.54, 1.807) is 11.0 Å². The van der Waals surface area contributed by atoms with Gasteiger partial charge in [0.1, 0.15) is 5.82 Å². The Morgan fingerprint density at radius 1 is 1.00 bits per heavy atom. The zero-order chi connectivity index (χ0) is 23.0. The second-order valence-electron chi connectivity index (χ2n) is 8.27. The van der Waals surface area contributed by atoms with Gasteiger partial charge in [-0.1, -0.05) is 6.07 Å². The van der Waals surface area contributed by atoms with E-state index in [2.05, 4.69) is 16.0 Å². The molecule has 2 amide bonds. The van der Waals surface area contributed by atoms with Gasteiger partial charge in [-0.15, -0.1) is 0 Å². The lowest BCUT2D eigenvalue weighted by atomic mass is 10.0. The van der Waals surface area contributed by atoms with Gasteiger partial charge in [0, 0.05) is 38.9 Å². The highest BCUT2D eigenvalue weighted by molar-refractivity contribution is 7.93. The molecule has 0 atom stereocenters. The molecular formula is C22H27N5O4S. The Morgan fingerprint density at radius 2 is 1.72 bits per heavy atom. The molecule has 0 saturated carbocycles. The molecule has 32 heavy (non-hydrogen) atoms. The van der Waals surface area contributed by atoms with Crippen LogP contribution in [0.1, 0.15) is 38.3 Å². The molecule has 2 aliphatic heterocycles. The zero-order valence-electron chi connectivity index (χ0n) is 18.2. The summed E-state index contributed by atoms with van der Waals surface area (Å²) in [7, 11) is -3.40. The van der Waals surface area contributed by atoms with Gasteiger partial charge in [-0.3, -0.25) is 13.9 Å². The number of amides is 2. The maximum absolute atomic E-state index is 13.2. The third kappa shape index (κ3) is 4.14. The van der Waals surface area contributed by atoms with E-state index < -0.39 is 15.9 Å². The summed E-state index contributed by atoms with van der Waals surface area (Å²) in [5.41, 5.74) is 8.33. The van der Waals surface area contributed by atoms with Gasteiger partial charge in [0.15, 0.2) is 0 Å². The number of hydrogen-bond donors (Lipinski definition) is 1. The van der Waals surface area contributed by atoms with Crippen LogP contribution in [0, 0.1) is 13.8 Å². The first-order chi connectivity index (χ1) is 15.2. The largest absolute Gasteiger partial charge is 0.366 e. The van der Waals surface area contributed by atoms with Gasteiger partial charge in [0.05, 0.1) is 22.6 Å². The van der Waals surface area contributed by atoms with Crippen LogP contribution in [0.2, 0.25) is 0 Å². The minimum atomic E-state index is -3.40. The highest BCUT2D eigenvalue weighted by Crippen LogP contribution is 2.27. The van der Waals surface area contributed by atoms with E-state index >= 15 is 0 Å². The monoisotopic (exact) mass is 457 g/mol.